The predicted octanol–water partition coefficient (Wildman–Crippen LogP) is 0.686. The van der Waals surface area contributed by atoms with E-state index in [0.29, 0.717) is 6.61 Å². The van der Waals surface area contributed by atoms with Gasteiger partial charge in [-0.3, -0.25) is 10.1 Å². The molecule has 0 aromatic heterocycles. The molecule has 2 saturated heterocycles. The number of carbonyl (C=O) groups excluding carboxylic acids is 1. The molecule has 19 heavy (non-hydrogen) atoms. The molecule has 0 aromatic carbocycles. The summed E-state index contributed by atoms with van der Waals surface area (Å²) in [4.78, 5) is 12.4. The smallest absolute Gasteiger partial charge is 0.326 e. The molecule has 2 aliphatic rings. The lowest BCUT2D eigenvalue weighted by molar-refractivity contribution is -0.155. The molecule has 5 heteroatoms. The summed E-state index contributed by atoms with van der Waals surface area (Å²) in [5.41, 5.74) is -0.548. The SMILES string of the molecule is CCOC(=O)C1(NCC2CCCO2)CCNCC1C. The first-order valence-electron chi connectivity index (χ1n) is 7.43. The summed E-state index contributed by atoms with van der Waals surface area (Å²) >= 11 is 0. The molecular weight excluding hydrogens is 244 g/mol. The fourth-order valence-electron chi connectivity index (χ4n) is 3.02. The molecule has 2 N–H and O–H groups in total. The van der Waals surface area contributed by atoms with Crippen molar-refractivity contribution in [2.45, 2.75) is 44.8 Å². The van der Waals surface area contributed by atoms with E-state index >= 15 is 0 Å². The standard InChI is InChI=1S/C14H26N2O3/c1-3-18-13(17)14(6-7-15-9-11(14)2)16-10-12-5-4-8-19-12/h11-12,15-16H,3-10H2,1-2H3. The third kappa shape index (κ3) is 3.27. The van der Waals surface area contributed by atoms with Crippen molar-refractivity contribution in [2.75, 3.05) is 32.8 Å². The van der Waals surface area contributed by atoms with Crippen LogP contribution in [0.4, 0.5) is 0 Å². The minimum Gasteiger partial charge on any atom is -0.465 e. The Morgan fingerprint density at radius 3 is 3.05 bits per heavy atom. The third-order valence-electron chi connectivity index (χ3n) is 4.30. The van der Waals surface area contributed by atoms with Crippen molar-refractivity contribution in [1.82, 2.24) is 10.6 Å². The summed E-state index contributed by atoms with van der Waals surface area (Å²) in [5, 5.41) is 6.81. The van der Waals surface area contributed by atoms with Gasteiger partial charge in [0.1, 0.15) is 5.54 Å². The van der Waals surface area contributed by atoms with Gasteiger partial charge in [0, 0.05) is 19.7 Å². The molecule has 0 bridgehead atoms. The Hall–Kier alpha value is -0.650. The van der Waals surface area contributed by atoms with Crippen LogP contribution in [0.15, 0.2) is 0 Å². The predicted molar refractivity (Wildman–Crippen MR) is 73.0 cm³/mol. The molecule has 5 nitrogen and oxygen atoms in total. The summed E-state index contributed by atoms with van der Waals surface area (Å²) in [6, 6.07) is 0. The first kappa shape index (κ1) is 14.8. The molecule has 2 aliphatic heterocycles. The number of hydrogen-bond donors (Lipinski definition) is 2. The van der Waals surface area contributed by atoms with E-state index in [1.165, 1.54) is 0 Å². The van der Waals surface area contributed by atoms with E-state index in [4.69, 9.17) is 9.47 Å². The van der Waals surface area contributed by atoms with Crippen LogP contribution < -0.4 is 10.6 Å². The molecule has 3 unspecified atom stereocenters. The maximum absolute atomic E-state index is 12.4. The van der Waals surface area contributed by atoms with Crippen LogP contribution in [-0.4, -0.2) is 50.5 Å². The molecule has 2 heterocycles. The van der Waals surface area contributed by atoms with Gasteiger partial charge in [0.25, 0.3) is 0 Å². The van der Waals surface area contributed by atoms with Crippen molar-refractivity contribution in [3.8, 4) is 0 Å². The first-order chi connectivity index (χ1) is 9.19. The van der Waals surface area contributed by atoms with E-state index in [0.717, 1.165) is 45.5 Å². The monoisotopic (exact) mass is 270 g/mol. The van der Waals surface area contributed by atoms with E-state index in [2.05, 4.69) is 17.6 Å². The van der Waals surface area contributed by atoms with Crippen LogP contribution >= 0.6 is 0 Å². The third-order valence-corrected chi connectivity index (χ3v) is 4.30. The highest BCUT2D eigenvalue weighted by molar-refractivity contribution is 5.81. The molecule has 2 fully saturated rings. The number of esters is 1. The van der Waals surface area contributed by atoms with Gasteiger partial charge in [0.05, 0.1) is 12.7 Å². The number of nitrogens with one attached hydrogen (secondary N) is 2. The Balaban J connectivity index is 2.01. The van der Waals surface area contributed by atoms with Crippen LogP contribution in [-0.2, 0) is 14.3 Å². The zero-order valence-corrected chi connectivity index (χ0v) is 12.0. The Morgan fingerprint density at radius 2 is 2.42 bits per heavy atom. The summed E-state index contributed by atoms with van der Waals surface area (Å²) in [6.45, 7) is 7.67. The zero-order chi connectivity index (χ0) is 13.7. The number of piperidine rings is 1. The highest BCUT2D eigenvalue weighted by Gasteiger charge is 2.46. The second-order valence-electron chi connectivity index (χ2n) is 5.56. The second-order valence-corrected chi connectivity index (χ2v) is 5.56. The van der Waals surface area contributed by atoms with Gasteiger partial charge in [-0.25, -0.2) is 0 Å². The molecule has 0 radical (unpaired) electrons. The van der Waals surface area contributed by atoms with Gasteiger partial charge < -0.3 is 14.8 Å². The molecule has 0 saturated carbocycles. The maximum Gasteiger partial charge on any atom is 0.326 e. The summed E-state index contributed by atoms with van der Waals surface area (Å²) in [6.07, 6.45) is 3.22. The minimum atomic E-state index is -0.548. The van der Waals surface area contributed by atoms with Gasteiger partial charge in [-0.15, -0.1) is 0 Å². The summed E-state index contributed by atoms with van der Waals surface area (Å²) < 4.78 is 10.9. The van der Waals surface area contributed by atoms with Crippen LogP contribution in [0.1, 0.15) is 33.1 Å². The van der Waals surface area contributed by atoms with Gasteiger partial charge in [0.15, 0.2) is 0 Å². The second kappa shape index (κ2) is 6.68. The van der Waals surface area contributed by atoms with Crippen molar-refractivity contribution < 1.29 is 14.3 Å². The van der Waals surface area contributed by atoms with Crippen LogP contribution in [0.3, 0.4) is 0 Å². The molecule has 110 valence electrons. The summed E-state index contributed by atoms with van der Waals surface area (Å²) in [7, 11) is 0. The normalized spacial score (nSPS) is 35.3. The van der Waals surface area contributed by atoms with E-state index in [1.54, 1.807) is 0 Å². The van der Waals surface area contributed by atoms with Crippen molar-refractivity contribution in [1.29, 1.82) is 0 Å². The summed E-state index contributed by atoms with van der Waals surface area (Å²) in [5.74, 6) is 0.115. The quantitative estimate of drug-likeness (QED) is 0.720. The molecule has 0 amide bonds. The van der Waals surface area contributed by atoms with Gasteiger partial charge in [-0.2, -0.15) is 0 Å². The Morgan fingerprint density at radius 1 is 1.58 bits per heavy atom. The van der Waals surface area contributed by atoms with Crippen LogP contribution in [0, 0.1) is 5.92 Å². The van der Waals surface area contributed by atoms with Crippen LogP contribution in [0.5, 0.6) is 0 Å². The van der Waals surface area contributed by atoms with Gasteiger partial charge in [0.2, 0.25) is 0 Å². The lowest BCUT2D eigenvalue weighted by Gasteiger charge is -2.41. The average molecular weight is 270 g/mol. The Kier molecular flexibility index (Phi) is 5.19. The van der Waals surface area contributed by atoms with Gasteiger partial charge in [-0.05, 0) is 38.6 Å². The van der Waals surface area contributed by atoms with E-state index < -0.39 is 5.54 Å². The Labute approximate surface area is 115 Å². The number of carbonyl (C=O) groups is 1. The maximum atomic E-state index is 12.4. The number of hydrogen-bond acceptors (Lipinski definition) is 5. The van der Waals surface area contributed by atoms with E-state index in [9.17, 15) is 4.79 Å². The molecule has 0 spiro atoms. The minimum absolute atomic E-state index is 0.109. The fourth-order valence-corrected chi connectivity index (χ4v) is 3.02. The lowest BCUT2D eigenvalue weighted by Crippen LogP contribution is -2.64. The largest absolute Gasteiger partial charge is 0.465 e. The number of ether oxygens (including phenoxy) is 2. The fraction of sp³-hybridized carbons (Fsp3) is 0.929. The molecule has 3 atom stereocenters. The number of rotatable bonds is 5. The molecule has 0 aliphatic carbocycles. The molecule has 2 rings (SSSR count). The van der Waals surface area contributed by atoms with Crippen molar-refractivity contribution in [3.63, 3.8) is 0 Å². The highest BCUT2D eigenvalue weighted by Crippen LogP contribution is 2.26. The van der Waals surface area contributed by atoms with Gasteiger partial charge >= 0.3 is 5.97 Å². The molecular formula is C14H26N2O3. The lowest BCUT2D eigenvalue weighted by atomic mass is 9.79. The Bertz CT molecular complexity index is 305. The van der Waals surface area contributed by atoms with E-state index in [1.807, 2.05) is 6.92 Å². The first-order valence-corrected chi connectivity index (χ1v) is 7.43. The molecule has 0 aromatic rings. The van der Waals surface area contributed by atoms with Crippen molar-refractivity contribution in [2.24, 2.45) is 5.92 Å². The van der Waals surface area contributed by atoms with Crippen molar-refractivity contribution in [3.05, 3.63) is 0 Å². The topological polar surface area (TPSA) is 59.6 Å². The highest BCUT2D eigenvalue weighted by atomic mass is 16.5. The average Bonchev–Trinajstić information content (AvgIpc) is 2.91. The zero-order valence-electron chi connectivity index (χ0n) is 12.0. The van der Waals surface area contributed by atoms with E-state index in [-0.39, 0.29) is 18.0 Å². The van der Waals surface area contributed by atoms with Gasteiger partial charge in [-0.1, -0.05) is 6.92 Å². The van der Waals surface area contributed by atoms with Crippen molar-refractivity contribution >= 4 is 5.97 Å². The van der Waals surface area contributed by atoms with Crippen LogP contribution in [0.2, 0.25) is 0 Å². The van der Waals surface area contributed by atoms with Crippen LogP contribution in [0.25, 0.3) is 0 Å².